The van der Waals surface area contributed by atoms with Crippen LogP contribution in [0.3, 0.4) is 0 Å². The van der Waals surface area contributed by atoms with E-state index in [9.17, 15) is 14.7 Å². The summed E-state index contributed by atoms with van der Waals surface area (Å²) in [5.41, 5.74) is 1.73. The second-order valence-corrected chi connectivity index (χ2v) is 6.49. The number of carbonyl (C=O) groups is 2. The van der Waals surface area contributed by atoms with Gasteiger partial charge < -0.3 is 15.7 Å². The van der Waals surface area contributed by atoms with Crippen molar-refractivity contribution in [3.05, 3.63) is 70.7 Å². The van der Waals surface area contributed by atoms with E-state index in [1.807, 2.05) is 30.3 Å². The van der Waals surface area contributed by atoms with Gasteiger partial charge in [0.15, 0.2) is 0 Å². The summed E-state index contributed by atoms with van der Waals surface area (Å²) in [4.78, 5) is 24.1. The van der Waals surface area contributed by atoms with Crippen molar-refractivity contribution in [1.82, 2.24) is 10.6 Å². The minimum Gasteiger partial charge on any atom is -0.396 e. The quantitative estimate of drug-likeness (QED) is 0.664. The molecule has 2 rings (SSSR count). The number of carbonyl (C=O) groups excluding carboxylic acids is 2. The van der Waals surface area contributed by atoms with Crippen LogP contribution >= 0.6 is 11.6 Å². The van der Waals surface area contributed by atoms with Gasteiger partial charge in [0.05, 0.1) is 18.5 Å². The first kappa shape index (κ1) is 19.9. The number of hydrogen-bond donors (Lipinski definition) is 3. The van der Waals surface area contributed by atoms with Crippen LogP contribution in [0.4, 0.5) is 0 Å². The van der Waals surface area contributed by atoms with Crippen LogP contribution in [-0.2, 0) is 9.59 Å². The molecule has 0 heterocycles. The number of benzene rings is 2. The molecule has 0 fully saturated rings. The van der Waals surface area contributed by atoms with Crippen molar-refractivity contribution >= 4 is 23.4 Å². The third kappa shape index (κ3) is 6.17. The molecule has 0 aliphatic heterocycles. The number of nitrogens with one attached hydrogen (secondary N) is 2. The van der Waals surface area contributed by atoms with Crippen molar-refractivity contribution < 1.29 is 14.7 Å². The number of amides is 2. The summed E-state index contributed by atoms with van der Waals surface area (Å²) >= 11 is 5.91. The van der Waals surface area contributed by atoms with Crippen molar-refractivity contribution in [1.29, 1.82) is 0 Å². The average Bonchev–Trinajstić information content (AvgIpc) is 2.62. The molecule has 2 amide bonds. The first-order valence-corrected chi connectivity index (χ1v) is 8.85. The topological polar surface area (TPSA) is 78.4 Å². The Balaban J connectivity index is 2.09. The standard InChI is InChI=1S/C20H23ClN2O3/c1-14(25)22-19(16-7-9-17(21)10-8-16)13-20(26)23-18(11-12-24)15-5-3-2-4-6-15/h2-10,18-19,24H,11-13H2,1H3,(H,22,25)(H,23,26)/t18-,19+/m0/s1. The second-order valence-electron chi connectivity index (χ2n) is 6.05. The SMILES string of the molecule is CC(=O)N[C@H](CC(=O)N[C@@H](CCO)c1ccccc1)c1ccc(Cl)cc1. The predicted molar refractivity (Wildman–Crippen MR) is 102 cm³/mol. The zero-order valence-corrected chi connectivity index (χ0v) is 15.4. The van der Waals surface area contributed by atoms with Crippen molar-refractivity contribution in [3.63, 3.8) is 0 Å². The van der Waals surface area contributed by atoms with Gasteiger partial charge in [0.1, 0.15) is 0 Å². The predicted octanol–water partition coefficient (Wildman–Crippen LogP) is 3.15. The maximum atomic E-state index is 12.6. The highest BCUT2D eigenvalue weighted by Crippen LogP contribution is 2.21. The van der Waals surface area contributed by atoms with Gasteiger partial charge in [-0.25, -0.2) is 0 Å². The molecule has 6 heteroatoms. The Hall–Kier alpha value is -2.37. The van der Waals surface area contributed by atoms with E-state index in [0.29, 0.717) is 11.4 Å². The zero-order valence-electron chi connectivity index (χ0n) is 14.6. The lowest BCUT2D eigenvalue weighted by molar-refractivity contribution is -0.123. The first-order valence-electron chi connectivity index (χ1n) is 8.47. The van der Waals surface area contributed by atoms with Crippen LogP contribution in [-0.4, -0.2) is 23.5 Å². The van der Waals surface area contributed by atoms with E-state index in [0.717, 1.165) is 11.1 Å². The molecule has 26 heavy (non-hydrogen) atoms. The Morgan fingerprint density at radius 2 is 1.58 bits per heavy atom. The third-order valence-corrected chi connectivity index (χ3v) is 4.25. The number of aliphatic hydroxyl groups excluding tert-OH is 1. The maximum absolute atomic E-state index is 12.6. The lowest BCUT2D eigenvalue weighted by Crippen LogP contribution is -2.34. The minimum atomic E-state index is -0.449. The van der Waals surface area contributed by atoms with Crippen molar-refractivity contribution in [2.75, 3.05) is 6.61 Å². The van der Waals surface area contributed by atoms with E-state index >= 15 is 0 Å². The van der Waals surface area contributed by atoms with E-state index in [4.69, 9.17) is 11.6 Å². The molecule has 0 unspecified atom stereocenters. The monoisotopic (exact) mass is 374 g/mol. The van der Waals surface area contributed by atoms with Gasteiger partial charge in [-0.1, -0.05) is 54.1 Å². The summed E-state index contributed by atoms with van der Waals surface area (Å²) < 4.78 is 0. The van der Waals surface area contributed by atoms with Crippen molar-refractivity contribution in [2.45, 2.75) is 31.8 Å². The molecule has 2 aromatic carbocycles. The molecule has 3 N–H and O–H groups in total. The highest BCUT2D eigenvalue weighted by molar-refractivity contribution is 6.30. The fourth-order valence-electron chi connectivity index (χ4n) is 2.77. The molecule has 0 aliphatic carbocycles. The number of aliphatic hydroxyl groups is 1. The Bertz CT molecular complexity index is 720. The molecular formula is C20H23ClN2O3. The molecule has 0 aromatic heterocycles. The first-order chi connectivity index (χ1) is 12.5. The van der Waals surface area contributed by atoms with Crippen molar-refractivity contribution in [3.8, 4) is 0 Å². The van der Waals surface area contributed by atoms with Crippen molar-refractivity contribution in [2.24, 2.45) is 0 Å². The lowest BCUT2D eigenvalue weighted by Gasteiger charge is -2.22. The number of hydrogen-bond acceptors (Lipinski definition) is 3. The van der Waals surface area contributed by atoms with Gasteiger partial charge in [-0.05, 0) is 29.7 Å². The van der Waals surface area contributed by atoms with Crippen LogP contribution in [0.25, 0.3) is 0 Å². The molecule has 0 aliphatic rings. The fourth-order valence-corrected chi connectivity index (χ4v) is 2.89. The van der Waals surface area contributed by atoms with Gasteiger partial charge in [0.25, 0.3) is 0 Å². The van der Waals surface area contributed by atoms with Gasteiger partial charge in [-0.3, -0.25) is 9.59 Å². The van der Waals surface area contributed by atoms with Crippen LogP contribution in [0.1, 0.15) is 43.0 Å². The molecule has 0 saturated carbocycles. The van der Waals surface area contributed by atoms with Crippen LogP contribution in [0.5, 0.6) is 0 Å². The molecule has 138 valence electrons. The van der Waals surface area contributed by atoms with E-state index in [1.54, 1.807) is 24.3 Å². The molecule has 2 atom stereocenters. The summed E-state index contributed by atoms with van der Waals surface area (Å²) in [7, 11) is 0. The highest BCUT2D eigenvalue weighted by atomic mass is 35.5. The number of halogens is 1. The molecule has 2 aromatic rings. The van der Waals surface area contributed by atoms with Gasteiger partial charge in [-0.2, -0.15) is 0 Å². The summed E-state index contributed by atoms with van der Waals surface area (Å²) in [6, 6.07) is 15.8. The molecule has 0 saturated heterocycles. The molecule has 0 bridgehead atoms. The van der Waals surface area contributed by atoms with E-state index in [-0.39, 0.29) is 30.9 Å². The molecule has 0 radical (unpaired) electrons. The Morgan fingerprint density at radius 1 is 0.962 bits per heavy atom. The van der Waals surface area contributed by atoms with Gasteiger partial charge in [0, 0.05) is 18.6 Å². The Kier molecular flexibility index (Phi) is 7.63. The van der Waals surface area contributed by atoms with Gasteiger partial charge >= 0.3 is 0 Å². The smallest absolute Gasteiger partial charge is 0.222 e. The summed E-state index contributed by atoms with van der Waals surface area (Å²) in [5.74, 6) is -0.422. The summed E-state index contributed by atoms with van der Waals surface area (Å²) in [5, 5.41) is 15.6. The second kappa shape index (κ2) is 9.94. The molecule has 5 nitrogen and oxygen atoms in total. The largest absolute Gasteiger partial charge is 0.396 e. The van der Waals surface area contributed by atoms with Crippen LogP contribution in [0.15, 0.2) is 54.6 Å². The summed E-state index contributed by atoms with van der Waals surface area (Å²) in [6.07, 6.45) is 0.511. The molecule has 0 spiro atoms. The van der Waals surface area contributed by atoms with Crippen LogP contribution < -0.4 is 10.6 Å². The average molecular weight is 375 g/mol. The Morgan fingerprint density at radius 3 is 2.15 bits per heavy atom. The minimum absolute atomic E-state index is 0.0356. The molecular weight excluding hydrogens is 352 g/mol. The zero-order chi connectivity index (χ0) is 18.9. The summed E-state index contributed by atoms with van der Waals surface area (Å²) in [6.45, 7) is 1.38. The third-order valence-electron chi connectivity index (χ3n) is 3.99. The maximum Gasteiger partial charge on any atom is 0.222 e. The van der Waals surface area contributed by atoms with Crippen LogP contribution in [0, 0.1) is 0 Å². The normalized spacial score (nSPS) is 12.9. The van der Waals surface area contributed by atoms with Gasteiger partial charge in [0.2, 0.25) is 11.8 Å². The van der Waals surface area contributed by atoms with E-state index in [2.05, 4.69) is 10.6 Å². The van der Waals surface area contributed by atoms with E-state index < -0.39 is 6.04 Å². The van der Waals surface area contributed by atoms with Crippen LogP contribution in [0.2, 0.25) is 5.02 Å². The lowest BCUT2D eigenvalue weighted by atomic mass is 10.0. The number of rotatable bonds is 8. The Labute approximate surface area is 158 Å². The van der Waals surface area contributed by atoms with Gasteiger partial charge in [-0.15, -0.1) is 0 Å². The highest BCUT2D eigenvalue weighted by Gasteiger charge is 2.20. The van der Waals surface area contributed by atoms with E-state index in [1.165, 1.54) is 6.92 Å². The fraction of sp³-hybridized carbons (Fsp3) is 0.300.